The van der Waals surface area contributed by atoms with Gasteiger partial charge in [-0.1, -0.05) is 13.8 Å². The molecule has 1 atom stereocenters. The van der Waals surface area contributed by atoms with Gasteiger partial charge >= 0.3 is 0 Å². The Hall–Kier alpha value is -0.0800. The van der Waals surface area contributed by atoms with Gasteiger partial charge < -0.3 is 10.2 Å². The molecule has 0 amide bonds. The summed E-state index contributed by atoms with van der Waals surface area (Å²) in [6.45, 7) is 8.68. The Morgan fingerprint density at radius 2 is 1.88 bits per heavy atom. The lowest BCUT2D eigenvalue weighted by atomic mass is 9.91. The fourth-order valence-corrected chi connectivity index (χ4v) is 3.45. The van der Waals surface area contributed by atoms with Crippen LogP contribution >= 0.6 is 0 Å². The third-order valence-electron chi connectivity index (χ3n) is 4.79. The predicted molar refractivity (Wildman–Crippen MR) is 74.3 cm³/mol. The van der Waals surface area contributed by atoms with E-state index in [2.05, 4.69) is 31.1 Å². The highest BCUT2D eigenvalue weighted by Crippen LogP contribution is 2.36. The number of rotatable bonds is 4. The molecule has 2 fully saturated rings. The number of likely N-dealkylation sites (tertiary alicyclic amines) is 1. The summed E-state index contributed by atoms with van der Waals surface area (Å²) in [4.78, 5) is 2.46. The fraction of sp³-hybridized carbons (Fsp3) is 1.00. The summed E-state index contributed by atoms with van der Waals surface area (Å²) >= 11 is 0. The molecule has 1 saturated carbocycles. The summed E-state index contributed by atoms with van der Waals surface area (Å²) in [5, 5.41) is 3.78. The first kappa shape index (κ1) is 13.4. The van der Waals surface area contributed by atoms with Crippen LogP contribution in [0, 0.1) is 11.3 Å². The van der Waals surface area contributed by atoms with Gasteiger partial charge in [-0.3, -0.25) is 0 Å². The molecule has 1 N–H and O–H groups in total. The van der Waals surface area contributed by atoms with Crippen molar-refractivity contribution in [3.05, 3.63) is 0 Å². The number of piperidine rings is 1. The zero-order valence-corrected chi connectivity index (χ0v) is 12.0. The average molecular weight is 238 g/mol. The lowest BCUT2D eigenvalue weighted by Crippen LogP contribution is -2.33. The summed E-state index contributed by atoms with van der Waals surface area (Å²) in [5.41, 5.74) is 0.589. The number of hydrogen-bond donors (Lipinski definition) is 1. The Morgan fingerprint density at radius 1 is 1.18 bits per heavy atom. The molecular weight excluding hydrogens is 208 g/mol. The van der Waals surface area contributed by atoms with Crippen LogP contribution in [0.15, 0.2) is 0 Å². The van der Waals surface area contributed by atoms with Crippen LogP contribution in [0.5, 0.6) is 0 Å². The molecule has 0 aromatic heterocycles. The lowest BCUT2D eigenvalue weighted by molar-refractivity contribution is 0.210. The molecule has 0 radical (unpaired) electrons. The largest absolute Gasteiger partial charge is 0.314 e. The molecule has 1 heterocycles. The normalized spacial score (nSPS) is 30.9. The highest BCUT2D eigenvalue weighted by Gasteiger charge is 2.30. The van der Waals surface area contributed by atoms with Crippen LogP contribution in [0.2, 0.25) is 0 Å². The van der Waals surface area contributed by atoms with E-state index >= 15 is 0 Å². The molecule has 0 aromatic rings. The molecule has 2 heteroatoms. The average Bonchev–Trinajstić information content (AvgIpc) is 2.61. The maximum atomic E-state index is 3.78. The minimum Gasteiger partial charge on any atom is -0.314 e. The van der Waals surface area contributed by atoms with Gasteiger partial charge in [0.25, 0.3) is 0 Å². The highest BCUT2D eigenvalue weighted by atomic mass is 15.1. The molecule has 0 bridgehead atoms. The van der Waals surface area contributed by atoms with E-state index in [1.54, 1.807) is 0 Å². The van der Waals surface area contributed by atoms with Crippen molar-refractivity contribution in [1.29, 1.82) is 0 Å². The van der Waals surface area contributed by atoms with Crippen LogP contribution in [0.1, 0.15) is 52.4 Å². The molecule has 0 aromatic carbocycles. The monoisotopic (exact) mass is 238 g/mol. The van der Waals surface area contributed by atoms with Gasteiger partial charge in [0.2, 0.25) is 0 Å². The van der Waals surface area contributed by atoms with Crippen LogP contribution < -0.4 is 5.32 Å². The molecule has 1 unspecified atom stereocenters. The van der Waals surface area contributed by atoms with Crippen LogP contribution in [-0.2, 0) is 0 Å². The van der Waals surface area contributed by atoms with Crippen LogP contribution in [0.4, 0.5) is 0 Å². The Kier molecular flexibility index (Phi) is 4.48. The molecule has 1 aliphatic carbocycles. The van der Waals surface area contributed by atoms with Gasteiger partial charge in [0.1, 0.15) is 0 Å². The minimum absolute atomic E-state index is 0.589. The van der Waals surface area contributed by atoms with Gasteiger partial charge in [0.15, 0.2) is 0 Å². The first-order chi connectivity index (χ1) is 8.05. The van der Waals surface area contributed by atoms with Gasteiger partial charge in [-0.05, 0) is 76.5 Å². The molecule has 0 spiro atoms. The zero-order valence-electron chi connectivity index (χ0n) is 12.0. The Bertz CT molecular complexity index is 229. The molecule has 2 nitrogen and oxygen atoms in total. The number of nitrogens with one attached hydrogen (secondary N) is 1. The van der Waals surface area contributed by atoms with Crippen molar-refractivity contribution < 1.29 is 0 Å². The van der Waals surface area contributed by atoms with Crippen molar-refractivity contribution in [1.82, 2.24) is 10.2 Å². The van der Waals surface area contributed by atoms with E-state index < -0.39 is 0 Å². The maximum Gasteiger partial charge on any atom is 0.00723 e. The summed E-state index contributed by atoms with van der Waals surface area (Å²) < 4.78 is 0. The van der Waals surface area contributed by atoms with Gasteiger partial charge in [0.05, 0.1) is 0 Å². The van der Waals surface area contributed by atoms with E-state index in [4.69, 9.17) is 0 Å². The molecule has 1 saturated heterocycles. The number of hydrogen-bond acceptors (Lipinski definition) is 2. The molecule has 17 heavy (non-hydrogen) atoms. The molecule has 1 aliphatic heterocycles. The van der Waals surface area contributed by atoms with Crippen molar-refractivity contribution >= 4 is 0 Å². The summed E-state index contributed by atoms with van der Waals surface area (Å²) in [6.07, 6.45) is 8.38. The van der Waals surface area contributed by atoms with Crippen LogP contribution in [0.3, 0.4) is 0 Å². The Balaban J connectivity index is 1.57. The van der Waals surface area contributed by atoms with Gasteiger partial charge in [0, 0.05) is 6.04 Å². The van der Waals surface area contributed by atoms with E-state index in [0.717, 1.165) is 12.0 Å². The standard InChI is InChI=1S/C15H30N2/c1-15(2)8-4-14(12-15)16-9-5-13-6-10-17(3)11-7-13/h13-14,16H,4-12H2,1-3H3. The molecule has 2 aliphatic rings. The zero-order chi connectivity index (χ0) is 12.3. The maximum absolute atomic E-state index is 3.78. The Morgan fingerprint density at radius 3 is 2.47 bits per heavy atom. The van der Waals surface area contributed by atoms with E-state index in [1.165, 1.54) is 58.2 Å². The summed E-state index contributed by atoms with van der Waals surface area (Å²) in [5.74, 6) is 0.980. The fourth-order valence-electron chi connectivity index (χ4n) is 3.45. The van der Waals surface area contributed by atoms with E-state index in [-0.39, 0.29) is 0 Å². The first-order valence-electron chi connectivity index (χ1n) is 7.47. The van der Waals surface area contributed by atoms with E-state index in [0.29, 0.717) is 5.41 Å². The van der Waals surface area contributed by atoms with Crippen LogP contribution in [-0.4, -0.2) is 37.6 Å². The molecule has 100 valence electrons. The predicted octanol–water partition coefficient (Wildman–Crippen LogP) is 2.89. The second-order valence-electron chi connectivity index (χ2n) is 7.09. The second kappa shape index (κ2) is 5.71. The molecular formula is C15H30N2. The smallest absolute Gasteiger partial charge is 0.00723 e. The van der Waals surface area contributed by atoms with Crippen LogP contribution in [0.25, 0.3) is 0 Å². The van der Waals surface area contributed by atoms with Crippen molar-refractivity contribution in [2.45, 2.75) is 58.4 Å². The van der Waals surface area contributed by atoms with Gasteiger partial charge in [-0.15, -0.1) is 0 Å². The lowest BCUT2D eigenvalue weighted by Gasteiger charge is -2.29. The highest BCUT2D eigenvalue weighted by molar-refractivity contribution is 4.86. The van der Waals surface area contributed by atoms with Crippen molar-refractivity contribution in [3.63, 3.8) is 0 Å². The summed E-state index contributed by atoms with van der Waals surface area (Å²) in [7, 11) is 2.25. The van der Waals surface area contributed by atoms with Crippen molar-refractivity contribution in [2.24, 2.45) is 11.3 Å². The SMILES string of the molecule is CN1CCC(CCNC2CCC(C)(C)C2)CC1. The topological polar surface area (TPSA) is 15.3 Å². The third-order valence-corrected chi connectivity index (χ3v) is 4.79. The number of nitrogens with zero attached hydrogens (tertiary/aromatic N) is 1. The third kappa shape index (κ3) is 4.26. The van der Waals surface area contributed by atoms with Crippen molar-refractivity contribution in [3.8, 4) is 0 Å². The second-order valence-corrected chi connectivity index (χ2v) is 7.09. The van der Waals surface area contributed by atoms with E-state index in [1.807, 2.05) is 0 Å². The van der Waals surface area contributed by atoms with Gasteiger partial charge in [-0.25, -0.2) is 0 Å². The first-order valence-corrected chi connectivity index (χ1v) is 7.47. The van der Waals surface area contributed by atoms with Crippen molar-refractivity contribution in [2.75, 3.05) is 26.7 Å². The van der Waals surface area contributed by atoms with E-state index in [9.17, 15) is 0 Å². The van der Waals surface area contributed by atoms with Gasteiger partial charge in [-0.2, -0.15) is 0 Å². The molecule has 2 rings (SSSR count). The minimum atomic E-state index is 0.589. The Labute approximate surface area is 107 Å². The summed E-state index contributed by atoms with van der Waals surface area (Å²) in [6, 6.07) is 0.802. The quantitative estimate of drug-likeness (QED) is 0.810.